The number of benzene rings is 1. The van der Waals surface area contributed by atoms with Gasteiger partial charge in [0.1, 0.15) is 0 Å². The maximum Gasteiger partial charge on any atom is 0.222 e. The molecule has 2 aromatic rings. The number of hydrogen-bond acceptors (Lipinski definition) is 4. The first-order valence-corrected chi connectivity index (χ1v) is 11.9. The monoisotopic (exact) mass is 437 g/mol. The lowest BCUT2D eigenvalue weighted by atomic mass is 9.59. The van der Waals surface area contributed by atoms with Crippen LogP contribution in [0.3, 0.4) is 0 Å². The number of ether oxygens (including phenoxy) is 2. The SMILES string of the molecule is COCCC(=O)N[C@H]1C(C)(C)[C@@H]2C[C@@H]3[C@@H](c4ccc(Cn5cccn5)cc4)OCC[C@@]31C2. The highest BCUT2D eigenvalue weighted by Gasteiger charge is 2.68. The fraction of sp³-hybridized carbons (Fsp3) is 0.615. The average molecular weight is 438 g/mol. The number of nitrogens with zero attached hydrogens (tertiary/aromatic N) is 2. The van der Waals surface area contributed by atoms with Crippen LogP contribution in [0.25, 0.3) is 0 Å². The van der Waals surface area contributed by atoms with Crippen LogP contribution in [-0.4, -0.2) is 42.1 Å². The molecular weight excluding hydrogens is 402 g/mol. The molecule has 1 N–H and O–H groups in total. The summed E-state index contributed by atoms with van der Waals surface area (Å²) < 4.78 is 13.5. The average Bonchev–Trinajstić information content (AvgIpc) is 3.48. The van der Waals surface area contributed by atoms with Crippen LogP contribution in [-0.2, 0) is 20.8 Å². The van der Waals surface area contributed by atoms with Crippen molar-refractivity contribution in [1.29, 1.82) is 0 Å². The van der Waals surface area contributed by atoms with Gasteiger partial charge in [-0.05, 0) is 59.1 Å². The third-order valence-electron chi connectivity index (χ3n) is 8.56. The van der Waals surface area contributed by atoms with Gasteiger partial charge in [0.25, 0.3) is 0 Å². The Kier molecular flexibility index (Phi) is 5.62. The Hall–Kier alpha value is -2.18. The van der Waals surface area contributed by atoms with Crippen molar-refractivity contribution >= 4 is 5.91 Å². The number of fused-ring (bicyclic) bond motifs is 1. The van der Waals surface area contributed by atoms with Crippen molar-refractivity contribution in [3.63, 3.8) is 0 Å². The van der Waals surface area contributed by atoms with Crippen molar-refractivity contribution in [2.75, 3.05) is 20.3 Å². The second kappa shape index (κ2) is 8.31. The van der Waals surface area contributed by atoms with Crippen LogP contribution in [0.5, 0.6) is 0 Å². The zero-order valence-electron chi connectivity index (χ0n) is 19.4. The van der Waals surface area contributed by atoms with E-state index in [1.165, 1.54) is 24.0 Å². The van der Waals surface area contributed by atoms with E-state index in [1.807, 2.05) is 23.1 Å². The summed E-state index contributed by atoms with van der Waals surface area (Å²) >= 11 is 0. The Morgan fingerprint density at radius 2 is 2.12 bits per heavy atom. The Balaban J connectivity index is 1.36. The van der Waals surface area contributed by atoms with E-state index >= 15 is 0 Å². The number of carbonyl (C=O) groups excluding carboxylic acids is 1. The summed E-state index contributed by atoms with van der Waals surface area (Å²) in [6, 6.07) is 11.0. The topological polar surface area (TPSA) is 65.4 Å². The van der Waals surface area contributed by atoms with E-state index in [2.05, 4.69) is 48.5 Å². The summed E-state index contributed by atoms with van der Waals surface area (Å²) in [4.78, 5) is 12.7. The van der Waals surface area contributed by atoms with Gasteiger partial charge in [0.2, 0.25) is 5.91 Å². The molecule has 3 fully saturated rings. The Labute approximate surface area is 190 Å². The van der Waals surface area contributed by atoms with Crippen LogP contribution in [0.2, 0.25) is 0 Å². The fourth-order valence-electron chi connectivity index (χ4n) is 6.94. The van der Waals surface area contributed by atoms with Gasteiger partial charge in [-0.3, -0.25) is 9.48 Å². The zero-order chi connectivity index (χ0) is 22.3. The summed E-state index contributed by atoms with van der Waals surface area (Å²) in [6.07, 6.45) is 7.72. The van der Waals surface area contributed by atoms with Crippen molar-refractivity contribution in [2.24, 2.45) is 22.7 Å². The summed E-state index contributed by atoms with van der Waals surface area (Å²) in [5.41, 5.74) is 2.72. The van der Waals surface area contributed by atoms with E-state index in [9.17, 15) is 4.79 Å². The molecule has 1 saturated heterocycles. The molecule has 172 valence electrons. The molecule has 1 aromatic carbocycles. The number of methoxy groups -OCH3 is 1. The summed E-state index contributed by atoms with van der Waals surface area (Å²) in [5.74, 6) is 1.17. The standard InChI is InChI=1S/C26H35N3O3/c1-25(2)20-15-21-23(19-7-5-18(6-8-19)17-29-12-4-11-27-29)32-14-10-26(21,16-20)24(25)28-22(30)9-13-31-3/h4-8,11-12,20-21,23-24H,9-10,13-17H2,1-3H3,(H,28,30)/t20-,21-,23-,24+,26-/m1/s1. The van der Waals surface area contributed by atoms with Crippen molar-refractivity contribution in [3.8, 4) is 0 Å². The minimum absolute atomic E-state index is 0.0991. The van der Waals surface area contributed by atoms with Crippen LogP contribution < -0.4 is 5.32 Å². The lowest BCUT2D eigenvalue weighted by Crippen LogP contribution is -2.59. The van der Waals surface area contributed by atoms with Gasteiger partial charge < -0.3 is 14.8 Å². The highest BCUT2D eigenvalue weighted by Crippen LogP contribution is 2.70. The van der Waals surface area contributed by atoms with Crippen LogP contribution in [0.4, 0.5) is 0 Å². The molecule has 5 atom stereocenters. The van der Waals surface area contributed by atoms with Crippen molar-refractivity contribution in [2.45, 2.75) is 58.2 Å². The lowest BCUT2D eigenvalue weighted by Gasteiger charge is -2.53. The largest absolute Gasteiger partial charge is 0.384 e. The third kappa shape index (κ3) is 3.57. The molecule has 5 rings (SSSR count). The van der Waals surface area contributed by atoms with E-state index in [-0.39, 0.29) is 28.9 Å². The van der Waals surface area contributed by atoms with E-state index in [0.717, 1.165) is 19.6 Å². The number of hydrogen-bond donors (Lipinski definition) is 1. The van der Waals surface area contributed by atoms with Gasteiger partial charge in [0.15, 0.2) is 0 Å². The van der Waals surface area contributed by atoms with Crippen LogP contribution >= 0.6 is 0 Å². The van der Waals surface area contributed by atoms with Crippen LogP contribution in [0, 0.1) is 22.7 Å². The number of aromatic nitrogens is 2. The minimum atomic E-state index is 0.0991. The molecule has 1 amide bonds. The summed E-state index contributed by atoms with van der Waals surface area (Å²) in [6.45, 7) is 6.69. The maximum atomic E-state index is 12.7. The molecule has 1 aromatic heterocycles. The van der Waals surface area contributed by atoms with E-state index in [4.69, 9.17) is 9.47 Å². The molecule has 2 aliphatic carbocycles. The molecule has 2 bridgehead atoms. The van der Waals surface area contributed by atoms with Gasteiger partial charge in [-0.1, -0.05) is 38.1 Å². The van der Waals surface area contributed by atoms with Crippen molar-refractivity contribution < 1.29 is 14.3 Å². The number of nitrogens with one attached hydrogen (secondary N) is 1. The van der Waals surface area contributed by atoms with Crippen LogP contribution in [0.15, 0.2) is 42.7 Å². The summed E-state index contributed by atoms with van der Waals surface area (Å²) in [7, 11) is 1.65. The first-order chi connectivity index (χ1) is 15.4. The first kappa shape index (κ1) is 21.7. The third-order valence-corrected chi connectivity index (χ3v) is 8.56. The normalized spacial score (nSPS) is 32.6. The van der Waals surface area contributed by atoms with Gasteiger partial charge >= 0.3 is 0 Å². The molecule has 0 unspecified atom stereocenters. The predicted octanol–water partition coefficient (Wildman–Crippen LogP) is 3.97. The van der Waals surface area contributed by atoms with Gasteiger partial charge in [-0.15, -0.1) is 0 Å². The van der Waals surface area contributed by atoms with Crippen LogP contribution in [0.1, 0.15) is 56.8 Å². The zero-order valence-corrected chi connectivity index (χ0v) is 19.4. The van der Waals surface area contributed by atoms with E-state index in [0.29, 0.717) is 24.9 Å². The fourth-order valence-corrected chi connectivity index (χ4v) is 6.94. The smallest absolute Gasteiger partial charge is 0.222 e. The molecule has 32 heavy (non-hydrogen) atoms. The first-order valence-electron chi connectivity index (χ1n) is 11.9. The molecule has 0 radical (unpaired) electrons. The second-order valence-electron chi connectivity index (χ2n) is 10.5. The predicted molar refractivity (Wildman–Crippen MR) is 122 cm³/mol. The molecule has 6 nitrogen and oxygen atoms in total. The molecule has 2 heterocycles. The Morgan fingerprint density at radius 1 is 1.31 bits per heavy atom. The van der Waals surface area contributed by atoms with E-state index < -0.39 is 0 Å². The Bertz CT molecular complexity index is 940. The Morgan fingerprint density at radius 3 is 2.84 bits per heavy atom. The number of rotatable bonds is 7. The van der Waals surface area contributed by atoms with Gasteiger partial charge in [0.05, 0.1) is 19.3 Å². The minimum Gasteiger partial charge on any atom is -0.384 e. The molecule has 3 aliphatic rings. The molecular formula is C26H35N3O3. The molecule has 6 heteroatoms. The maximum absolute atomic E-state index is 12.7. The highest BCUT2D eigenvalue weighted by molar-refractivity contribution is 5.76. The number of amides is 1. The highest BCUT2D eigenvalue weighted by atomic mass is 16.5. The number of carbonyl (C=O) groups is 1. The quantitative estimate of drug-likeness (QED) is 0.712. The molecule has 1 aliphatic heterocycles. The van der Waals surface area contributed by atoms with Gasteiger partial charge in [-0.2, -0.15) is 5.10 Å². The van der Waals surface area contributed by atoms with E-state index in [1.54, 1.807) is 7.11 Å². The lowest BCUT2D eigenvalue weighted by molar-refractivity contribution is -0.137. The van der Waals surface area contributed by atoms with Gasteiger partial charge in [-0.25, -0.2) is 0 Å². The van der Waals surface area contributed by atoms with Crippen molar-refractivity contribution in [1.82, 2.24) is 15.1 Å². The second-order valence-corrected chi connectivity index (χ2v) is 10.5. The summed E-state index contributed by atoms with van der Waals surface area (Å²) in [5, 5.41) is 7.75. The van der Waals surface area contributed by atoms with Crippen molar-refractivity contribution in [3.05, 3.63) is 53.9 Å². The molecule has 1 spiro atoms. The molecule has 2 saturated carbocycles. The van der Waals surface area contributed by atoms with Gasteiger partial charge in [0, 0.05) is 38.6 Å².